The molecule has 0 heterocycles. The van der Waals surface area contributed by atoms with Crippen molar-refractivity contribution in [3.63, 3.8) is 0 Å². The van der Waals surface area contributed by atoms with Crippen molar-refractivity contribution < 1.29 is 47.8 Å². The van der Waals surface area contributed by atoms with Gasteiger partial charge in [-0.3, -0.25) is 18.6 Å². The number of aliphatic carboxylic acids is 1. The number of carbonyl (C=O) groups is 3. The van der Waals surface area contributed by atoms with Crippen LogP contribution in [0.4, 0.5) is 0 Å². The summed E-state index contributed by atoms with van der Waals surface area (Å²) in [5.41, 5.74) is 0. The summed E-state index contributed by atoms with van der Waals surface area (Å²) in [6.45, 7) is 2.64. The molecule has 406 valence electrons. The van der Waals surface area contributed by atoms with Crippen molar-refractivity contribution in [1.82, 2.24) is 5.32 Å². The van der Waals surface area contributed by atoms with Gasteiger partial charge in [0.1, 0.15) is 12.7 Å². The number of allylic oxidation sites excluding steroid dienone is 4. The van der Waals surface area contributed by atoms with Gasteiger partial charge >= 0.3 is 19.8 Å². The molecule has 4 N–H and O–H groups in total. The van der Waals surface area contributed by atoms with Gasteiger partial charge in [0.2, 0.25) is 5.91 Å². The number of aliphatic hydroxyl groups excluding tert-OH is 1. The fourth-order valence-corrected chi connectivity index (χ4v) is 9.30. The Morgan fingerprint density at radius 3 is 1.20 bits per heavy atom. The number of unbranched alkanes of at least 4 members (excludes halogenated alkanes) is 37. The number of hydrogen-bond acceptors (Lipinski definition) is 8. The van der Waals surface area contributed by atoms with E-state index >= 15 is 0 Å². The maximum Gasteiger partial charge on any atom is 0.472 e. The Morgan fingerprint density at radius 2 is 0.797 bits per heavy atom. The van der Waals surface area contributed by atoms with Crippen molar-refractivity contribution in [2.75, 3.05) is 19.8 Å². The lowest BCUT2D eigenvalue weighted by Gasteiger charge is -2.18. The molecule has 0 aromatic rings. The predicted octanol–water partition coefficient (Wildman–Crippen LogP) is 16.5. The zero-order chi connectivity index (χ0) is 50.6. The third-order valence-corrected chi connectivity index (χ3v) is 13.9. The van der Waals surface area contributed by atoms with Gasteiger partial charge in [-0.15, -0.1) is 0 Å². The molecule has 3 unspecified atom stereocenters. The first-order valence-electron chi connectivity index (χ1n) is 28.9. The Labute approximate surface area is 423 Å². The van der Waals surface area contributed by atoms with E-state index in [0.29, 0.717) is 12.8 Å². The van der Waals surface area contributed by atoms with Crippen LogP contribution in [-0.4, -0.2) is 64.9 Å². The third kappa shape index (κ3) is 52.1. The lowest BCUT2D eigenvalue weighted by molar-refractivity contribution is -0.147. The molecule has 11 nitrogen and oxygen atoms in total. The molecular weight excluding hydrogens is 890 g/mol. The van der Waals surface area contributed by atoms with Gasteiger partial charge in [0.25, 0.3) is 0 Å². The van der Waals surface area contributed by atoms with E-state index in [1.807, 2.05) is 0 Å². The summed E-state index contributed by atoms with van der Waals surface area (Å²) >= 11 is 0. The topological polar surface area (TPSA) is 169 Å². The summed E-state index contributed by atoms with van der Waals surface area (Å²) in [5, 5.41) is 22.0. The Morgan fingerprint density at radius 1 is 0.464 bits per heavy atom. The predicted molar refractivity (Wildman–Crippen MR) is 286 cm³/mol. The standard InChI is InChI=1S/C57H108NO10P/c1-3-5-7-9-11-13-15-17-19-21-23-25-27-28-30-32-34-36-38-40-42-44-46-48-55(60)58-54(57(62)63)52-68-69(64,65)67-51-53(59)50-66-56(61)49-47-45-43-41-39-37-35-33-31-29-26-24-22-20-18-16-14-12-10-8-6-4-2/h11,13,17,19,53-54,59H,3-10,12,14-16,18,20-52H2,1-2H3,(H,58,60)(H,62,63)(H,64,65)/b13-11-,19-17-. The minimum Gasteiger partial charge on any atom is -0.480 e. The fourth-order valence-electron chi connectivity index (χ4n) is 8.53. The third-order valence-electron chi connectivity index (χ3n) is 13.0. The maximum atomic E-state index is 12.4. The molecule has 0 rings (SSSR count). The summed E-state index contributed by atoms with van der Waals surface area (Å²) in [5.74, 6) is -2.35. The molecule has 0 aromatic carbocycles. The number of esters is 1. The van der Waals surface area contributed by atoms with Gasteiger partial charge in [0.15, 0.2) is 6.04 Å². The Hall–Kier alpha value is -2.04. The minimum absolute atomic E-state index is 0.147. The summed E-state index contributed by atoms with van der Waals surface area (Å²) in [4.78, 5) is 46.3. The first kappa shape index (κ1) is 67.0. The normalized spacial score (nSPS) is 13.6. The summed E-state index contributed by atoms with van der Waals surface area (Å²) in [6.07, 6.45) is 59.2. The molecule has 0 radical (unpaired) electrons. The molecule has 0 aliphatic carbocycles. The SMILES string of the molecule is CCCCC/C=C\C/C=C\CCCCCCCCCCCCCCCC(=O)NC(COP(=O)(O)OCC(O)COC(=O)CCCCCCCCCCCCCCCCCCCCCCCC)C(=O)O. The van der Waals surface area contributed by atoms with Crippen LogP contribution in [0.25, 0.3) is 0 Å². The average molecular weight is 998 g/mol. The van der Waals surface area contributed by atoms with Crippen molar-refractivity contribution in [2.24, 2.45) is 0 Å². The molecule has 69 heavy (non-hydrogen) atoms. The minimum atomic E-state index is -4.76. The molecule has 3 atom stereocenters. The van der Waals surface area contributed by atoms with Crippen LogP contribution in [0.3, 0.4) is 0 Å². The van der Waals surface area contributed by atoms with E-state index in [4.69, 9.17) is 13.8 Å². The number of ether oxygens (including phenoxy) is 1. The van der Waals surface area contributed by atoms with E-state index in [9.17, 15) is 34.1 Å². The van der Waals surface area contributed by atoms with Gasteiger partial charge in [0.05, 0.1) is 13.2 Å². The van der Waals surface area contributed by atoms with Crippen LogP contribution in [0.2, 0.25) is 0 Å². The number of rotatable bonds is 55. The van der Waals surface area contributed by atoms with Crippen LogP contribution in [0.5, 0.6) is 0 Å². The van der Waals surface area contributed by atoms with Crippen molar-refractivity contribution in [2.45, 2.75) is 302 Å². The number of phosphoric acid groups is 1. The molecule has 12 heteroatoms. The fraction of sp³-hybridized carbons (Fsp3) is 0.877. The van der Waals surface area contributed by atoms with Crippen LogP contribution in [0.15, 0.2) is 24.3 Å². The van der Waals surface area contributed by atoms with E-state index in [-0.39, 0.29) is 12.8 Å². The van der Waals surface area contributed by atoms with Gasteiger partial charge in [-0.05, 0) is 44.9 Å². The highest BCUT2D eigenvalue weighted by Crippen LogP contribution is 2.43. The largest absolute Gasteiger partial charge is 0.480 e. The number of carbonyl (C=O) groups excluding carboxylic acids is 2. The number of carboxylic acid groups (broad SMARTS) is 1. The van der Waals surface area contributed by atoms with Crippen LogP contribution < -0.4 is 5.32 Å². The van der Waals surface area contributed by atoms with Crippen LogP contribution in [0.1, 0.15) is 290 Å². The second kappa shape index (κ2) is 52.3. The lowest BCUT2D eigenvalue weighted by Crippen LogP contribution is -2.43. The van der Waals surface area contributed by atoms with Gasteiger partial charge < -0.3 is 25.2 Å². The van der Waals surface area contributed by atoms with Crippen molar-refractivity contribution >= 4 is 25.7 Å². The molecule has 0 spiro atoms. The maximum absolute atomic E-state index is 12.4. The van der Waals surface area contributed by atoms with E-state index in [2.05, 4.69) is 43.5 Å². The van der Waals surface area contributed by atoms with Crippen LogP contribution in [-0.2, 0) is 32.7 Å². The van der Waals surface area contributed by atoms with Gasteiger partial charge in [-0.1, -0.05) is 256 Å². The highest BCUT2D eigenvalue weighted by molar-refractivity contribution is 7.47. The molecule has 0 saturated carbocycles. The van der Waals surface area contributed by atoms with Crippen LogP contribution >= 0.6 is 7.82 Å². The molecule has 0 aliphatic heterocycles. The molecular formula is C57H108NO10P. The number of aliphatic hydroxyl groups is 1. The first-order valence-corrected chi connectivity index (χ1v) is 30.4. The van der Waals surface area contributed by atoms with E-state index < -0.39 is 57.6 Å². The number of hydrogen-bond donors (Lipinski definition) is 4. The average Bonchev–Trinajstić information content (AvgIpc) is 3.33. The van der Waals surface area contributed by atoms with Crippen molar-refractivity contribution in [1.29, 1.82) is 0 Å². The molecule has 1 amide bonds. The quantitative estimate of drug-likeness (QED) is 0.0199. The summed E-state index contributed by atoms with van der Waals surface area (Å²) < 4.78 is 27.0. The summed E-state index contributed by atoms with van der Waals surface area (Å²) in [7, 11) is -4.76. The summed E-state index contributed by atoms with van der Waals surface area (Å²) in [6, 6.07) is -1.55. The molecule has 0 aliphatic rings. The van der Waals surface area contributed by atoms with E-state index in [0.717, 1.165) is 44.9 Å². The number of phosphoric ester groups is 1. The van der Waals surface area contributed by atoms with Gasteiger partial charge in [-0.25, -0.2) is 9.36 Å². The second-order valence-electron chi connectivity index (χ2n) is 19.8. The number of nitrogens with one attached hydrogen (secondary N) is 1. The Balaban J connectivity index is 3.74. The van der Waals surface area contributed by atoms with Crippen LogP contribution in [0, 0.1) is 0 Å². The van der Waals surface area contributed by atoms with Gasteiger partial charge in [-0.2, -0.15) is 0 Å². The van der Waals surface area contributed by atoms with E-state index in [1.54, 1.807) is 0 Å². The smallest absolute Gasteiger partial charge is 0.472 e. The zero-order valence-corrected chi connectivity index (χ0v) is 45.5. The molecule has 0 fully saturated rings. The van der Waals surface area contributed by atoms with Crippen molar-refractivity contribution in [3.8, 4) is 0 Å². The zero-order valence-electron chi connectivity index (χ0n) is 44.6. The molecule has 0 bridgehead atoms. The monoisotopic (exact) mass is 998 g/mol. The Bertz CT molecular complexity index is 1260. The lowest BCUT2D eigenvalue weighted by atomic mass is 10.0. The number of carboxylic acids is 1. The Kier molecular flexibility index (Phi) is 50.7. The molecule has 0 saturated heterocycles. The first-order chi connectivity index (χ1) is 33.6. The van der Waals surface area contributed by atoms with Crippen molar-refractivity contribution in [3.05, 3.63) is 24.3 Å². The van der Waals surface area contributed by atoms with Gasteiger partial charge in [0, 0.05) is 12.8 Å². The second-order valence-corrected chi connectivity index (χ2v) is 21.3. The highest BCUT2D eigenvalue weighted by atomic mass is 31.2. The number of amides is 1. The van der Waals surface area contributed by atoms with E-state index in [1.165, 1.54) is 205 Å². The highest BCUT2D eigenvalue weighted by Gasteiger charge is 2.28. The molecule has 0 aromatic heterocycles.